The molecule has 0 bridgehead atoms. The molecule has 0 saturated heterocycles. The van der Waals surface area contributed by atoms with E-state index in [0.717, 1.165) is 0 Å². The zero-order chi connectivity index (χ0) is 16.0. The van der Waals surface area contributed by atoms with Gasteiger partial charge in [-0.3, -0.25) is 4.79 Å². The lowest BCUT2D eigenvalue weighted by Crippen LogP contribution is -2.44. The lowest BCUT2D eigenvalue weighted by molar-refractivity contribution is 0.0923. The lowest BCUT2D eigenvalue weighted by atomic mass is 9.99. The highest BCUT2D eigenvalue weighted by Crippen LogP contribution is 2.38. The van der Waals surface area contributed by atoms with Crippen LogP contribution in [0.25, 0.3) is 0 Å². The number of methoxy groups -OCH3 is 3. The highest BCUT2D eigenvalue weighted by atomic mass is 16.5. The summed E-state index contributed by atoms with van der Waals surface area (Å²) in [6.07, 6.45) is 6.09. The Kier molecular flexibility index (Phi) is 5.48. The SMILES string of the molecule is C#C[C@](C)(CC)NC(=O)c1cc(OC)c(OC)c(OC)c1. The monoisotopic (exact) mass is 291 g/mol. The van der Waals surface area contributed by atoms with Crippen LogP contribution in [0, 0.1) is 12.3 Å². The van der Waals surface area contributed by atoms with Crippen LogP contribution in [0.5, 0.6) is 17.2 Å². The summed E-state index contributed by atoms with van der Waals surface area (Å²) in [5, 5.41) is 2.82. The van der Waals surface area contributed by atoms with Gasteiger partial charge in [0.15, 0.2) is 11.5 Å². The van der Waals surface area contributed by atoms with Crippen molar-refractivity contribution in [3.05, 3.63) is 17.7 Å². The minimum atomic E-state index is -0.697. The van der Waals surface area contributed by atoms with Gasteiger partial charge in [-0.1, -0.05) is 12.8 Å². The summed E-state index contributed by atoms with van der Waals surface area (Å²) in [7, 11) is 4.50. The molecule has 0 spiro atoms. The van der Waals surface area contributed by atoms with Crippen molar-refractivity contribution in [2.24, 2.45) is 0 Å². The highest BCUT2D eigenvalue weighted by Gasteiger charge is 2.24. The van der Waals surface area contributed by atoms with Crippen LogP contribution in [0.2, 0.25) is 0 Å². The van der Waals surface area contributed by atoms with E-state index < -0.39 is 5.54 Å². The first-order valence-corrected chi connectivity index (χ1v) is 6.55. The molecule has 0 aromatic heterocycles. The maximum absolute atomic E-state index is 12.4. The molecule has 0 saturated carbocycles. The second-order valence-electron chi connectivity index (χ2n) is 4.70. The van der Waals surface area contributed by atoms with Gasteiger partial charge in [0, 0.05) is 5.56 Å². The van der Waals surface area contributed by atoms with Crippen molar-refractivity contribution >= 4 is 5.91 Å². The molecule has 114 valence electrons. The summed E-state index contributed by atoms with van der Waals surface area (Å²) in [4.78, 5) is 12.4. The Balaban J connectivity index is 3.20. The van der Waals surface area contributed by atoms with E-state index in [0.29, 0.717) is 29.2 Å². The van der Waals surface area contributed by atoms with Gasteiger partial charge in [0.25, 0.3) is 5.91 Å². The second kappa shape index (κ2) is 6.89. The number of hydrogen-bond donors (Lipinski definition) is 1. The van der Waals surface area contributed by atoms with Crippen LogP contribution < -0.4 is 19.5 Å². The van der Waals surface area contributed by atoms with Gasteiger partial charge in [-0.15, -0.1) is 6.42 Å². The molecule has 0 radical (unpaired) electrons. The number of hydrogen-bond acceptors (Lipinski definition) is 4. The van der Waals surface area contributed by atoms with E-state index in [1.807, 2.05) is 6.92 Å². The molecule has 5 heteroatoms. The van der Waals surface area contributed by atoms with Crippen LogP contribution in [0.15, 0.2) is 12.1 Å². The maximum atomic E-state index is 12.4. The Labute approximate surface area is 125 Å². The predicted molar refractivity (Wildman–Crippen MR) is 81.1 cm³/mol. The Bertz CT molecular complexity index is 537. The number of rotatable bonds is 6. The van der Waals surface area contributed by atoms with Crippen molar-refractivity contribution in [2.45, 2.75) is 25.8 Å². The van der Waals surface area contributed by atoms with E-state index in [1.165, 1.54) is 21.3 Å². The minimum Gasteiger partial charge on any atom is -0.493 e. The Hall–Kier alpha value is -2.35. The molecule has 0 aliphatic carbocycles. The zero-order valence-corrected chi connectivity index (χ0v) is 13.1. The van der Waals surface area contributed by atoms with Crippen LogP contribution >= 0.6 is 0 Å². The molecule has 1 aromatic rings. The number of nitrogens with one attached hydrogen (secondary N) is 1. The van der Waals surface area contributed by atoms with Crippen LogP contribution in [-0.4, -0.2) is 32.8 Å². The molecular weight excluding hydrogens is 270 g/mol. The molecule has 0 aliphatic heterocycles. The normalized spacial score (nSPS) is 12.8. The van der Waals surface area contributed by atoms with E-state index in [4.69, 9.17) is 20.6 Å². The van der Waals surface area contributed by atoms with Gasteiger partial charge in [-0.2, -0.15) is 0 Å². The Morgan fingerprint density at radius 3 is 2.10 bits per heavy atom. The molecule has 1 atom stereocenters. The molecule has 0 unspecified atom stereocenters. The first-order valence-electron chi connectivity index (χ1n) is 6.55. The van der Waals surface area contributed by atoms with Crippen molar-refractivity contribution in [3.63, 3.8) is 0 Å². The fourth-order valence-corrected chi connectivity index (χ4v) is 1.76. The summed E-state index contributed by atoms with van der Waals surface area (Å²) in [6, 6.07) is 3.17. The summed E-state index contributed by atoms with van der Waals surface area (Å²) in [5.41, 5.74) is -0.309. The predicted octanol–water partition coefficient (Wildman–Crippen LogP) is 2.24. The van der Waals surface area contributed by atoms with Crippen LogP contribution in [0.4, 0.5) is 0 Å². The largest absolute Gasteiger partial charge is 0.493 e. The summed E-state index contributed by atoms with van der Waals surface area (Å²) in [6.45, 7) is 3.71. The maximum Gasteiger partial charge on any atom is 0.252 e. The second-order valence-corrected chi connectivity index (χ2v) is 4.70. The molecule has 0 heterocycles. The molecule has 1 rings (SSSR count). The number of terminal acetylenes is 1. The smallest absolute Gasteiger partial charge is 0.252 e. The van der Waals surface area contributed by atoms with Crippen molar-refractivity contribution in [1.29, 1.82) is 0 Å². The molecular formula is C16H21NO4. The topological polar surface area (TPSA) is 56.8 Å². The quantitative estimate of drug-likeness (QED) is 0.817. The lowest BCUT2D eigenvalue weighted by Gasteiger charge is -2.23. The van der Waals surface area contributed by atoms with Gasteiger partial charge in [0.2, 0.25) is 5.75 Å². The molecule has 1 amide bonds. The Morgan fingerprint density at radius 1 is 1.24 bits per heavy atom. The van der Waals surface area contributed by atoms with Crippen molar-refractivity contribution < 1.29 is 19.0 Å². The highest BCUT2D eigenvalue weighted by molar-refractivity contribution is 5.96. The third kappa shape index (κ3) is 3.60. The first-order chi connectivity index (χ1) is 9.94. The zero-order valence-electron chi connectivity index (χ0n) is 13.1. The van der Waals surface area contributed by atoms with Gasteiger partial charge >= 0.3 is 0 Å². The first kappa shape index (κ1) is 16.7. The standard InChI is InChI=1S/C16H21NO4/c1-7-16(3,8-2)17-15(18)11-9-12(19-4)14(21-6)13(10-11)20-5/h1,9-10H,8H2,2-6H3,(H,17,18)/t16-/m1/s1. The van der Waals surface area contributed by atoms with Gasteiger partial charge in [0.1, 0.15) is 0 Å². The van der Waals surface area contributed by atoms with Gasteiger partial charge in [0.05, 0.1) is 26.9 Å². The fraction of sp³-hybridized carbons (Fsp3) is 0.438. The van der Waals surface area contributed by atoms with Crippen LogP contribution in [0.1, 0.15) is 30.6 Å². The van der Waals surface area contributed by atoms with E-state index in [-0.39, 0.29) is 5.91 Å². The molecule has 1 N–H and O–H groups in total. The molecule has 0 aliphatic rings. The number of carbonyl (C=O) groups is 1. The molecule has 0 fully saturated rings. The summed E-state index contributed by atoms with van der Waals surface area (Å²) in [5.74, 6) is 3.57. The van der Waals surface area contributed by atoms with Gasteiger partial charge < -0.3 is 19.5 Å². The number of ether oxygens (including phenoxy) is 3. The summed E-state index contributed by atoms with van der Waals surface area (Å²) >= 11 is 0. The number of amides is 1. The van der Waals surface area contributed by atoms with Crippen LogP contribution in [0.3, 0.4) is 0 Å². The van der Waals surface area contributed by atoms with Gasteiger partial charge in [-0.05, 0) is 25.5 Å². The number of benzene rings is 1. The third-order valence-electron chi connectivity index (χ3n) is 3.34. The van der Waals surface area contributed by atoms with E-state index in [9.17, 15) is 4.79 Å². The third-order valence-corrected chi connectivity index (χ3v) is 3.34. The average Bonchev–Trinajstić information content (AvgIpc) is 2.52. The average molecular weight is 291 g/mol. The minimum absolute atomic E-state index is 0.295. The summed E-state index contributed by atoms with van der Waals surface area (Å²) < 4.78 is 15.7. The number of carbonyl (C=O) groups excluding carboxylic acids is 1. The molecule has 1 aromatic carbocycles. The van der Waals surface area contributed by atoms with Crippen molar-refractivity contribution in [3.8, 4) is 29.6 Å². The molecule has 5 nitrogen and oxygen atoms in total. The van der Waals surface area contributed by atoms with E-state index >= 15 is 0 Å². The van der Waals surface area contributed by atoms with E-state index in [1.54, 1.807) is 19.1 Å². The van der Waals surface area contributed by atoms with E-state index in [2.05, 4.69) is 11.2 Å². The Morgan fingerprint density at radius 2 is 1.76 bits per heavy atom. The van der Waals surface area contributed by atoms with Crippen molar-refractivity contribution in [1.82, 2.24) is 5.32 Å². The van der Waals surface area contributed by atoms with Crippen LogP contribution in [-0.2, 0) is 0 Å². The van der Waals surface area contributed by atoms with Crippen molar-refractivity contribution in [2.75, 3.05) is 21.3 Å². The molecule has 21 heavy (non-hydrogen) atoms. The van der Waals surface area contributed by atoms with Gasteiger partial charge in [-0.25, -0.2) is 0 Å². The fourth-order valence-electron chi connectivity index (χ4n) is 1.76.